The van der Waals surface area contributed by atoms with Crippen LogP contribution in [0.2, 0.25) is 0 Å². The standard InChI is InChI=1S/C29H40/c1-5-8-24-10-14-26(15-11-24)20-28-18-23(7-3)19-29(22(28)4)21-27-16-12-25(9-6-2)13-17-27/h10-17,20,22-23,29H,5-9,18-19,21H2,1-4H3. The monoisotopic (exact) mass is 388 g/mol. The quantitative estimate of drug-likeness (QED) is 0.426. The summed E-state index contributed by atoms with van der Waals surface area (Å²) in [4.78, 5) is 0. The van der Waals surface area contributed by atoms with Crippen molar-refractivity contribution in [2.24, 2.45) is 17.8 Å². The highest BCUT2D eigenvalue weighted by atomic mass is 14.3. The van der Waals surface area contributed by atoms with Gasteiger partial charge < -0.3 is 0 Å². The van der Waals surface area contributed by atoms with Crippen molar-refractivity contribution in [1.82, 2.24) is 0 Å². The molecule has 0 N–H and O–H groups in total. The molecular formula is C29H40. The summed E-state index contributed by atoms with van der Waals surface area (Å²) in [7, 11) is 0. The topological polar surface area (TPSA) is 0 Å². The van der Waals surface area contributed by atoms with Crippen molar-refractivity contribution in [3.8, 4) is 0 Å². The Balaban J connectivity index is 1.74. The first-order chi connectivity index (χ1) is 14.1. The minimum atomic E-state index is 0.670. The number of aryl methyl sites for hydroxylation is 2. The number of allylic oxidation sites excluding steroid dienone is 1. The average Bonchev–Trinajstić information content (AvgIpc) is 2.74. The maximum absolute atomic E-state index is 2.50. The maximum atomic E-state index is 2.50. The van der Waals surface area contributed by atoms with Crippen LogP contribution in [0.15, 0.2) is 54.1 Å². The van der Waals surface area contributed by atoms with Gasteiger partial charge in [0, 0.05) is 0 Å². The summed E-state index contributed by atoms with van der Waals surface area (Å²) < 4.78 is 0. The van der Waals surface area contributed by atoms with E-state index in [0.29, 0.717) is 5.92 Å². The van der Waals surface area contributed by atoms with Gasteiger partial charge in [0.2, 0.25) is 0 Å². The van der Waals surface area contributed by atoms with E-state index in [2.05, 4.69) is 82.3 Å². The molecule has 156 valence electrons. The van der Waals surface area contributed by atoms with E-state index < -0.39 is 0 Å². The van der Waals surface area contributed by atoms with Gasteiger partial charge >= 0.3 is 0 Å². The molecule has 3 unspecified atom stereocenters. The Kier molecular flexibility index (Phi) is 8.16. The van der Waals surface area contributed by atoms with Gasteiger partial charge in [0.1, 0.15) is 0 Å². The summed E-state index contributed by atoms with van der Waals surface area (Å²) >= 11 is 0. The van der Waals surface area contributed by atoms with Crippen molar-refractivity contribution in [3.63, 3.8) is 0 Å². The molecule has 0 amide bonds. The molecule has 1 fully saturated rings. The molecule has 0 bridgehead atoms. The molecule has 0 spiro atoms. The van der Waals surface area contributed by atoms with Crippen LogP contribution in [-0.4, -0.2) is 0 Å². The van der Waals surface area contributed by atoms with E-state index in [1.165, 1.54) is 73.6 Å². The van der Waals surface area contributed by atoms with Crippen molar-refractivity contribution >= 4 is 6.08 Å². The van der Waals surface area contributed by atoms with Gasteiger partial charge in [-0.05, 0) is 72.1 Å². The molecule has 0 heterocycles. The van der Waals surface area contributed by atoms with E-state index in [-0.39, 0.29) is 0 Å². The molecule has 1 aliphatic rings. The highest BCUT2D eigenvalue weighted by molar-refractivity contribution is 5.54. The Morgan fingerprint density at radius 3 is 1.90 bits per heavy atom. The Hall–Kier alpha value is -1.82. The Morgan fingerprint density at radius 2 is 1.34 bits per heavy atom. The highest BCUT2D eigenvalue weighted by Crippen LogP contribution is 2.41. The minimum Gasteiger partial charge on any atom is -0.0662 e. The second-order valence-electron chi connectivity index (χ2n) is 9.24. The smallest absolute Gasteiger partial charge is 0.0197 e. The predicted octanol–water partition coefficient (Wildman–Crippen LogP) is 8.29. The van der Waals surface area contributed by atoms with Crippen molar-refractivity contribution in [1.29, 1.82) is 0 Å². The summed E-state index contributed by atoms with van der Waals surface area (Å²) in [5, 5.41) is 0. The second kappa shape index (κ2) is 10.8. The Bertz CT molecular complexity index is 763. The zero-order chi connectivity index (χ0) is 20.6. The zero-order valence-corrected chi connectivity index (χ0v) is 19.1. The van der Waals surface area contributed by atoms with E-state index in [1.807, 2.05) is 0 Å². The molecule has 0 heteroatoms. The summed E-state index contributed by atoms with van der Waals surface area (Å²) in [5.41, 5.74) is 7.50. The van der Waals surface area contributed by atoms with E-state index in [0.717, 1.165) is 11.8 Å². The third-order valence-corrected chi connectivity index (χ3v) is 6.96. The summed E-state index contributed by atoms with van der Waals surface area (Å²) in [6, 6.07) is 18.7. The minimum absolute atomic E-state index is 0.670. The summed E-state index contributed by atoms with van der Waals surface area (Å²) in [5.74, 6) is 2.26. The lowest BCUT2D eigenvalue weighted by Gasteiger charge is -2.36. The first-order valence-electron chi connectivity index (χ1n) is 12.0. The third kappa shape index (κ3) is 6.08. The lowest BCUT2D eigenvalue weighted by Crippen LogP contribution is -2.26. The van der Waals surface area contributed by atoms with Crippen LogP contribution in [0.5, 0.6) is 0 Å². The van der Waals surface area contributed by atoms with E-state index in [9.17, 15) is 0 Å². The van der Waals surface area contributed by atoms with Crippen LogP contribution in [0.1, 0.15) is 82.1 Å². The summed E-state index contributed by atoms with van der Waals surface area (Å²) in [6.45, 7) is 9.35. The summed E-state index contributed by atoms with van der Waals surface area (Å²) in [6.07, 6.45) is 12.5. The van der Waals surface area contributed by atoms with Gasteiger partial charge in [0.05, 0.1) is 0 Å². The molecule has 1 saturated carbocycles. The van der Waals surface area contributed by atoms with Gasteiger partial charge in [-0.3, -0.25) is 0 Å². The number of rotatable bonds is 8. The Labute approximate surface area is 179 Å². The van der Waals surface area contributed by atoms with Crippen LogP contribution in [0.25, 0.3) is 6.08 Å². The molecule has 0 radical (unpaired) electrons. The van der Waals surface area contributed by atoms with Crippen LogP contribution in [0.4, 0.5) is 0 Å². The maximum Gasteiger partial charge on any atom is -0.0197 e. The van der Waals surface area contributed by atoms with Crippen LogP contribution in [0.3, 0.4) is 0 Å². The van der Waals surface area contributed by atoms with Crippen molar-refractivity contribution in [2.75, 3.05) is 0 Å². The van der Waals surface area contributed by atoms with Crippen LogP contribution in [-0.2, 0) is 19.3 Å². The normalized spacial score (nSPS) is 23.4. The fraction of sp³-hybridized carbons (Fsp3) is 0.517. The fourth-order valence-electron chi connectivity index (χ4n) is 5.02. The molecule has 0 nitrogen and oxygen atoms in total. The van der Waals surface area contributed by atoms with Gasteiger partial charge in [-0.25, -0.2) is 0 Å². The molecule has 0 aliphatic heterocycles. The van der Waals surface area contributed by atoms with Crippen molar-refractivity contribution < 1.29 is 0 Å². The van der Waals surface area contributed by atoms with Gasteiger partial charge in [-0.1, -0.05) is 107 Å². The molecule has 3 atom stereocenters. The molecule has 0 aromatic heterocycles. The van der Waals surface area contributed by atoms with Crippen LogP contribution >= 0.6 is 0 Å². The fourth-order valence-corrected chi connectivity index (χ4v) is 5.02. The number of hydrogen-bond acceptors (Lipinski definition) is 0. The molecule has 29 heavy (non-hydrogen) atoms. The van der Waals surface area contributed by atoms with Gasteiger partial charge in [-0.2, -0.15) is 0 Å². The second-order valence-corrected chi connectivity index (χ2v) is 9.24. The molecule has 1 aliphatic carbocycles. The largest absolute Gasteiger partial charge is 0.0662 e. The number of hydrogen-bond donors (Lipinski definition) is 0. The van der Waals surface area contributed by atoms with Crippen molar-refractivity contribution in [2.45, 2.75) is 79.1 Å². The first kappa shape index (κ1) is 21.9. The molecule has 0 saturated heterocycles. The zero-order valence-electron chi connectivity index (χ0n) is 19.1. The predicted molar refractivity (Wildman–Crippen MR) is 128 cm³/mol. The Morgan fingerprint density at radius 1 is 0.793 bits per heavy atom. The van der Waals surface area contributed by atoms with E-state index >= 15 is 0 Å². The van der Waals surface area contributed by atoms with E-state index in [4.69, 9.17) is 0 Å². The lowest BCUT2D eigenvalue weighted by atomic mass is 9.68. The van der Waals surface area contributed by atoms with Crippen LogP contribution < -0.4 is 0 Å². The highest BCUT2D eigenvalue weighted by Gasteiger charge is 2.30. The molecule has 3 rings (SSSR count). The van der Waals surface area contributed by atoms with Crippen LogP contribution in [0, 0.1) is 17.8 Å². The number of benzene rings is 2. The molecule has 2 aromatic carbocycles. The van der Waals surface area contributed by atoms with Gasteiger partial charge in [0.15, 0.2) is 0 Å². The molecular weight excluding hydrogens is 348 g/mol. The first-order valence-corrected chi connectivity index (χ1v) is 12.0. The third-order valence-electron chi connectivity index (χ3n) is 6.96. The van der Waals surface area contributed by atoms with Crippen molar-refractivity contribution in [3.05, 3.63) is 76.4 Å². The average molecular weight is 389 g/mol. The lowest BCUT2D eigenvalue weighted by molar-refractivity contribution is 0.248. The van der Waals surface area contributed by atoms with Gasteiger partial charge in [-0.15, -0.1) is 0 Å². The van der Waals surface area contributed by atoms with E-state index in [1.54, 1.807) is 5.57 Å². The molecule has 2 aromatic rings. The SMILES string of the molecule is CCCc1ccc(C=C2CC(CC)CC(Cc3ccc(CCC)cc3)C2C)cc1. The van der Waals surface area contributed by atoms with Gasteiger partial charge in [0.25, 0.3) is 0 Å².